The number of ether oxygens (including phenoxy) is 2. The van der Waals surface area contributed by atoms with E-state index in [1.54, 1.807) is 4.31 Å². The monoisotopic (exact) mass is 543 g/mol. The van der Waals surface area contributed by atoms with Crippen LogP contribution in [0.4, 0.5) is 4.79 Å². The van der Waals surface area contributed by atoms with Crippen molar-refractivity contribution in [1.29, 1.82) is 0 Å². The summed E-state index contributed by atoms with van der Waals surface area (Å²) in [6, 6.07) is 16.5. The van der Waals surface area contributed by atoms with Gasteiger partial charge in [0.1, 0.15) is 6.10 Å². The second-order valence-electron chi connectivity index (χ2n) is 10.8. The third-order valence-corrected chi connectivity index (χ3v) is 8.74. The fraction of sp³-hybridized carbons (Fsp3) is 0.552. The maximum absolute atomic E-state index is 13.5. The van der Waals surface area contributed by atoms with Gasteiger partial charge in [-0.05, 0) is 54.4 Å². The predicted octanol–water partition coefficient (Wildman–Crippen LogP) is 3.39. The van der Waals surface area contributed by atoms with E-state index in [9.17, 15) is 14.5 Å². The van der Waals surface area contributed by atoms with Crippen molar-refractivity contribution in [3.8, 4) is 0 Å². The number of nitrogens with two attached hydrogens (primary N) is 1. The van der Waals surface area contributed by atoms with Gasteiger partial charge in [-0.3, -0.25) is 0 Å². The number of rotatable bonds is 12. The molecule has 0 bridgehead atoms. The molecule has 9 heteroatoms. The van der Waals surface area contributed by atoms with Crippen molar-refractivity contribution in [1.82, 2.24) is 9.62 Å². The summed E-state index contributed by atoms with van der Waals surface area (Å²) < 4.78 is 26.8. The number of aliphatic hydroxyl groups excluding tert-OH is 1. The SMILES string of the molecule is CC(C)CN(C[C@@H](O)[C@H](Cc1ccccc1)NC(=O)O[C@@H]1C[C@@H]2CCO[C@@H]2C1)[S+]([O-])c1ccc(CN)cc1. The van der Waals surface area contributed by atoms with Crippen LogP contribution in [0.5, 0.6) is 0 Å². The summed E-state index contributed by atoms with van der Waals surface area (Å²) in [6.07, 6.45) is 1.45. The van der Waals surface area contributed by atoms with Gasteiger partial charge in [-0.25, -0.2) is 4.79 Å². The van der Waals surface area contributed by atoms with Gasteiger partial charge >= 0.3 is 6.09 Å². The summed E-state index contributed by atoms with van der Waals surface area (Å²) in [4.78, 5) is 13.6. The number of hydrogen-bond donors (Lipinski definition) is 3. The highest BCUT2D eigenvalue weighted by molar-refractivity contribution is 7.89. The summed E-state index contributed by atoms with van der Waals surface area (Å²) in [5.74, 6) is 0.681. The van der Waals surface area contributed by atoms with E-state index >= 15 is 0 Å². The van der Waals surface area contributed by atoms with Crippen LogP contribution >= 0.6 is 0 Å². The first-order valence-corrected chi connectivity index (χ1v) is 14.7. The number of carbonyl (C=O) groups excluding carboxylic acids is 1. The molecule has 2 fully saturated rings. The number of nitrogens with one attached hydrogen (secondary N) is 1. The minimum absolute atomic E-state index is 0.128. The van der Waals surface area contributed by atoms with Crippen molar-refractivity contribution in [3.05, 3.63) is 65.7 Å². The topological polar surface area (TPSA) is 120 Å². The third-order valence-electron chi connectivity index (χ3n) is 7.30. The van der Waals surface area contributed by atoms with Gasteiger partial charge < -0.3 is 30.2 Å². The van der Waals surface area contributed by atoms with Gasteiger partial charge in [0.05, 0.1) is 36.2 Å². The lowest BCUT2D eigenvalue weighted by molar-refractivity contribution is 0.0554. The van der Waals surface area contributed by atoms with Crippen LogP contribution in [-0.2, 0) is 33.8 Å². The van der Waals surface area contributed by atoms with Crippen LogP contribution in [0.15, 0.2) is 59.5 Å². The Bertz CT molecular complexity index is 997. The quantitative estimate of drug-likeness (QED) is 0.351. The molecule has 4 N–H and O–H groups in total. The Labute approximate surface area is 229 Å². The van der Waals surface area contributed by atoms with E-state index in [4.69, 9.17) is 15.2 Å². The lowest BCUT2D eigenvalue weighted by atomic mass is 10.0. The highest BCUT2D eigenvalue weighted by Gasteiger charge is 2.40. The number of amides is 1. The highest BCUT2D eigenvalue weighted by atomic mass is 32.2. The molecule has 0 radical (unpaired) electrons. The molecule has 6 atom stereocenters. The number of hydrogen-bond acceptors (Lipinski definition) is 7. The lowest BCUT2D eigenvalue weighted by Crippen LogP contribution is -2.51. The molecule has 38 heavy (non-hydrogen) atoms. The first-order chi connectivity index (χ1) is 18.3. The molecule has 2 aliphatic rings. The Balaban J connectivity index is 1.44. The molecule has 0 aromatic heterocycles. The lowest BCUT2D eigenvalue weighted by Gasteiger charge is -2.31. The molecule has 2 aromatic rings. The molecule has 4 rings (SSSR count). The zero-order valence-electron chi connectivity index (χ0n) is 22.3. The van der Waals surface area contributed by atoms with Crippen molar-refractivity contribution in [2.24, 2.45) is 17.6 Å². The number of carbonyl (C=O) groups is 1. The molecule has 2 aromatic carbocycles. The second kappa shape index (κ2) is 13.8. The molecule has 1 unspecified atom stereocenters. The fourth-order valence-electron chi connectivity index (χ4n) is 5.34. The first-order valence-electron chi connectivity index (χ1n) is 13.6. The minimum atomic E-state index is -1.48. The van der Waals surface area contributed by atoms with E-state index in [1.165, 1.54) is 0 Å². The van der Waals surface area contributed by atoms with Gasteiger partial charge in [0.25, 0.3) is 0 Å². The molecule has 1 amide bonds. The van der Waals surface area contributed by atoms with E-state index in [1.807, 2.05) is 68.4 Å². The van der Waals surface area contributed by atoms with Crippen LogP contribution in [0.25, 0.3) is 0 Å². The van der Waals surface area contributed by atoms with Crippen molar-refractivity contribution in [3.63, 3.8) is 0 Å². The number of aliphatic hydroxyl groups is 1. The summed E-state index contributed by atoms with van der Waals surface area (Å²) in [5, 5.41) is 14.3. The van der Waals surface area contributed by atoms with E-state index in [0.717, 1.165) is 30.6 Å². The minimum Gasteiger partial charge on any atom is -0.593 e. The molecule has 1 aliphatic carbocycles. The van der Waals surface area contributed by atoms with Gasteiger partial charge in [-0.1, -0.05) is 56.3 Å². The maximum atomic E-state index is 13.5. The van der Waals surface area contributed by atoms with E-state index < -0.39 is 29.6 Å². The Hall–Kier alpha value is -2.14. The van der Waals surface area contributed by atoms with Gasteiger partial charge in [0.15, 0.2) is 4.90 Å². The van der Waals surface area contributed by atoms with Crippen LogP contribution in [0.2, 0.25) is 0 Å². The molecule has 0 spiro atoms. The number of nitrogens with zero attached hydrogens (tertiary/aromatic N) is 1. The van der Waals surface area contributed by atoms with Crippen molar-refractivity contribution >= 4 is 17.5 Å². The van der Waals surface area contributed by atoms with Gasteiger partial charge in [-0.2, -0.15) is 0 Å². The molecular formula is C29H41N3O5S. The molecule has 1 saturated carbocycles. The maximum Gasteiger partial charge on any atom is 0.407 e. The third kappa shape index (κ3) is 7.94. The van der Waals surface area contributed by atoms with Crippen LogP contribution in [0.3, 0.4) is 0 Å². The largest absolute Gasteiger partial charge is 0.593 e. The summed E-state index contributed by atoms with van der Waals surface area (Å²) in [7, 11) is 0. The van der Waals surface area contributed by atoms with Crippen LogP contribution in [0, 0.1) is 11.8 Å². The summed E-state index contributed by atoms with van der Waals surface area (Å²) in [6.45, 7) is 5.94. The van der Waals surface area contributed by atoms with Gasteiger partial charge in [0.2, 0.25) is 0 Å². The van der Waals surface area contributed by atoms with Crippen LogP contribution in [-0.4, -0.2) is 64.1 Å². The average Bonchev–Trinajstić information content (AvgIpc) is 3.50. The Morgan fingerprint density at radius 2 is 1.89 bits per heavy atom. The van der Waals surface area contributed by atoms with E-state index in [2.05, 4.69) is 5.32 Å². The van der Waals surface area contributed by atoms with Crippen LogP contribution < -0.4 is 11.1 Å². The Morgan fingerprint density at radius 1 is 1.16 bits per heavy atom. The number of fused-ring (bicyclic) bond motifs is 1. The smallest absolute Gasteiger partial charge is 0.407 e. The first kappa shape index (κ1) is 28.9. The molecule has 1 saturated heterocycles. The second-order valence-corrected chi connectivity index (χ2v) is 12.3. The van der Waals surface area contributed by atoms with Gasteiger partial charge in [-0.15, -0.1) is 4.31 Å². The Kier molecular flexibility index (Phi) is 10.5. The standard InChI is InChI=1S/C29H41N3O5S/c1-20(2)18-32(38(35)25-10-8-22(17-30)9-11-25)19-27(33)26(14-21-6-4-3-5-7-21)31-29(34)37-24-15-23-12-13-36-28(23)16-24/h3-11,20,23-24,26-28,33H,12-19,30H2,1-2H3,(H,31,34)/t23-,24+,26-,27+,28+,38?/m0/s1. The Morgan fingerprint density at radius 3 is 2.55 bits per heavy atom. The summed E-state index contributed by atoms with van der Waals surface area (Å²) in [5.41, 5.74) is 7.65. The molecule has 1 heterocycles. The van der Waals surface area contributed by atoms with E-state index in [0.29, 0.717) is 36.7 Å². The highest BCUT2D eigenvalue weighted by Crippen LogP contribution is 2.37. The normalized spacial score (nSPS) is 23.3. The number of alkyl carbamates (subject to hydrolysis) is 1. The zero-order chi connectivity index (χ0) is 27.1. The van der Waals surface area contributed by atoms with E-state index in [-0.39, 0.29) is 24.7 Å². The molecular weight excluding hydrogens is 502 g/mol. The number of benzene rings is 2. The summed E-state index contributed by atoms with van der Waals surface area (Å²) >= 11 is -1.48. The van der Waals surface area contributed by atoms with Crippen LogP contribution in [0.1, 0.15) is 44.2 Å². The fourth-order valence-corrected chi connectivity index (χ4v) is 6.73. The van der Waals surface area contributed by atoms with Gasteiger partial charge in [0, 0.05) is 26.1 Å². The predicted molar refractivity (Wildman–Crippen MR) is 148 cm³/mol. The van der Waals surface area contributed by atoms with Crippen molar-refractivity contribution in [2.45, 2.75) is 75.3 Å². The average molecular weight is 544 g/mol. The van der Waals surface area contributed by atoms with Crippen molar-refractivity contribution in [2.75, 3.05) is 19.7 Å². The van der Waals surface area contributed by atoms with Crippen molar-refractivity contribution < 1.29 is 23.9 Å². The molecule has 1 aliphatic heterocycles. The zero-order valence-corrected chi connectivity index (χ0v) is 23.1. The molecule has 8 nitrogen and oxygen atoms in total. The molecule has 208 valence electrons.